The number of aryl methyl sites for hydroxylation is 2. The molecule has 0 spiro atoms. The predicted octanol–water partition coefficient (Wildman–Crippen LogP) is 3.16. The third kappa shape index (κ3) is 3.61. The Morgan fingerprint density at radius 3 is 2.62 bits per heavy atom. The number of rotatable bonds is 4. The van der Waals surface area contributed by atoms with Gasteiger partial charge >= 0.3 is 0 Å². The number of aromatic nitrogens is 2. The number of hydrogen-bond acceptors (Lipinski definition) is 3. The molecular weight excluding hydrogens is 302 g/mol. The first-order chi connectivity index (χ1) is 11.5. The van der Waals surface area contributed by atoms with Crippen molar-refractivity contribution in [3.63, 3.8) is 0 Å². The van der Waals surface area contributed by atoms with Crippen LogP contribution in [0.25, 0.3) is 0 Å². The number of nitrogens with one attached hydrogen (secondary N) is 1. The van der Waals surface area contributed by atoms with Gasteiger partial charge in [-0.05, 0) is 57.7 Å². The minimum absolute atomic E-state index is 0.0283. The molecule has 0 aromatic carbocycles. The lowest BCUT2D eigenvalue weighted by molar-refractivity contribution is 0.0892. The van der Waals surface area contributed by atoms with E-state index in [0.717, 1.165) is 48.4 Å². The smallest absolute Gasteiger partial charge is 0.253 e. The van der Waals surface area contributed by atoms with Crippen molar-refractivity contribution in [2.24, 2.45) is 7.05 Å². The Bertz CT molecular complexity index is 715. The molecule has 2 heterocycles. The highest BCUT2D eigenvalue weighted by atomic mass is 16.5. The van der Waals surface area contributed by atoms with Crippen molar-refractivity contribution in [1.29, 1.82) is 0 Å². The van der Waals surface area contributed by atoms with Crippen LogP contribution in [0.4, 0.5) is 0 Å². The number of amides is 1. The summed E-state index contributed by atoms with van der Waals surface area (Å²) in [5.41, 5.74) is 2.69. The number of carbonyl (C=O) groups is 1. The Balaban J connectivity index is 1.51. The first-order valence-electron chi connectivity index (χ1n) is 8.55. The van der Waals surface area contributed by atoms with E-state index in [1.807, 2.05) is 49.9 Å². The van der Waals surface area contributed by atoms with Crippen molar-refractivity contribution in [3.8, 4) is 5.75 Å². The van der Waals surface area contributed by atoms with Crippen molar-refractivity contribution in [1.82, 2.24) is 14.9 Å². The van der Waals surface area contributed by atoms with Gasteiger partial charge in [0.05, 0.1) is 17.4 Å². The molecular formula is C19H25N3O2. The molecule has 2 aromatic heterocycles. The monoisotopic (exact) mass is 327 g/mol. The van der Waals surface area contributed by atoms with Gasteiger partial charge in [0.1, 0.15) is 5.75 Å². The lowest BCUT2D eigenvalue weighted by atomic mass is 9.92. The topological polar surface area (TPSA) is 56.1 Å². The third-order valence-electron chi connectivity index (χ3n) is 4.89. The highest BCUT2D eigenvalue weighted by Crippen LogP contribution is 2.25. The molecule has 5 heteroatoms. The molecule has 1 aliphatic carbocycles. The van der Waals surface area contributed by atoms with E-state index in [1.54, 1.807) is 6.20 Å². The summed E-state index contributed by atoms with van der Waals surface area (Å²) in [4.78, 5) is 16.7. The van der Waals surface area contributed by atoms with Crippen molar-refractivity contribution in [2.75, 3.05) is 0 Å². The lowest BCUT2D eigenvalue weighted by Gasteiger charge is -2.29. The van der Waals surface area contributed by atoms with Crippen molar-refractivity contribution < 1.29 is 9.53 Å². The van der Waals surface area contributed by atoms with Crippen LogP contribution in [0.1, 0.15) is 47.4 Å². The highest BCUT2D eigenvalue weighted by molar-refractivity contribution is 5.95. The average Bonchev–Trinajstić information content (AvgIpc) is 2.91. The van der Waals surface area contributed by atoms with E-state index < -0.39 is 0 Å². The summed E-state index contributed by atoms with van der Waals surface area (Å²) in [7, 11) is 1.95. The minimum Gasteiger partial charge on any atom is -0.489 e. The SMILES string of the molecule is Cc1ncccc1OC1CCC(NC(=O)c2ccn(C)c2C)CC1. The second kappa shape index (κ2) is 7.07. The van der Waals surface area contributed by atoms with Crippen LogP contribution in [0.5, 0.6) is 5.75 Å². The Hall–Kier alpha value is -2.30. The van der Waals surface area contributed by atoms with Gasteiger partial charge in [-0.2, -0.15) is 0 Å². The predicted molar refractivity (Wildman–Crippen MR) is 93.3 cm³/mol. The quantitative estimate of drug-likeness (QED) is 0.938. The number of carbonyl (C=O) groups excluding carboxylic acids is 1. The summed E-state index contributed by atoms with van der Waals surface area (Å²) >= 11 is 0. The first kappa shape index (κ1) is 16.6. The minimum atomic E-state index is 0.0283. The fraction of sp³-hybridized carbons (Fsp3) is 0.474. The second-order valence-corrected chi connectivity index (χ2v) is 6.58. The van der Waals surface area contributed by atoms with Gasteiger partial charge < -0.3 is 14.6 Å². The molecule has 3 rings (SSSR count). The molecule has 5 nitrogen and oxygen atoms in total. The van der Waals surface area contributed by atoms with E-state index in [9.17, 15) is 4.79 Å². The molecule has 1 saturated carbocycles. The summed E-state index contributed by atoms with van der Waals surface area (Å²) in [5.74, 6) is 0.894. The van der Waals surface area contributed by atoms with Gasteiger partial charge in [0.25, 0.3) is 5.91 Å². The zero-order chi connectivity index (χ0) is 17.1. The van der Waals surface area contributed by atoms with Crippen LogP contribution in [0, 0.1) is 13.8 Å². The Morgan fingerprint density at radius 1 is 1.25 bits per heavy atom. The van der Waals surface area contributed by atoms with Crippen LogP contribution in [0.2, 0.25) is 0 Å². The molecule has 128 valence electrons. The summed E-state index contributed by atoms with van der Waals surface area (Å²) in [6.07, 6.45) is 7.70. The van der Waals surface area contributed by atoms with Crippen LogP contribution in [-0.2, 0) is 7.05 Å². The fourth-order valence-corrected chi connectivity index (χ4v) is 3.21. The van der Waals surface area contributed by atoms with E-state index in [2.05, 4.69) is 10.3 Å². The molecule has 0 atom stereocenters. The van der Waals surface area contributed by atoms with E-state index in [4.69, 9.17) is 4.74 Å². The standard InChI is InChI=1S/C19H25N3O2/c1-13-18(5-4-11-20-13)24-16-8-6-15(7-9-16)21-19(23)17-10-12-22(3)14(17)2/h4-5,10-12,15-16H,6-9H2,1-3H3,(H,21,23). The fourth-order valence-electron chi connectivity index (χ4n) is 3.21. The van der Waals surface area contributed by atoms with Crippen LogP contribution in [-0.4, -0.2) is 27.6 Å². The zero-order valence-corrected chi connectivity index (χ0v) is 14.6. The molecule has 1 fully saturated rings. The van der Waals surface area contributed by atoms with Gasteiger partial charge in [0.15, 0.2) is 0 Å². The maximum atomic E-state index is 12.4. The zero-order valence-electron chi connectivity index (χ0n) is 14.6. The van der Waals surface area contributed by atoms with Gasteiger partial charge in [-0.25, -0.2) is 0 Å². The number of nitrogens with zero attached hydrogens (tertiary/aromatic N) is 2. The van der Waals surface area contributed by atoms with Crippen molar-refractivity contribution in [3.05, 3.63) is 47.5 Å². The molecule has 2 aromatic rings. The molecule has 1 N–H and O–H groups in total. The summed E-state index contributed by atoms with van der Waals surface area (Å²) in [6.45, 7) is 3.93. The van der Waals surface area contributed by atoms with Gasteiger partial charge in [-0.3, -0.25) is 9.78 Å². The Morgan fingerprint density at radius 2 is 2.00 bits per heavy atom. The van der Waals surface area contributed by atoms with Crippen molar-refractivity contribution in [2.45, 2.75) is 51.7 Å². The van der Waals surface area contributed by atoms with Gasteiger partial charge in [0.2, 0.25) is 0 Å². The van der Waals surface area contributed by atoms with E-state index in [1.165, 1.54) is 0 Å². The van der Waals surface area contributed by atoms with E-state index in [0.29, 0.717) is 0 Å². The van der Waals surface area contributed by atoms with Gasteiger partial charge in [0, 0.05) is 31.2 Å². The van der Waals surface area contributed by atoms with Gasteiger partial charge in [-0.15, -0.1) is 0 Å². The Kier molecular flexibility index (Phi) is 4.88. The maximum absolute atomic E-state index is 12.4. The van der Waals surface area contributed by atoms with Crippen molar-refractivity contribution >= 4 is 5.91 Å². The van der Waals surface area contributed by atoms with Gasteiger partial charge in [-0.1, -0.05) is 0 Å². The molecule has 24 heavy (non-hydrogen) atoms. The molecule has 1 amide bonds. The third-order valence-corrected chi connectivity index (χ3v) is 4.89. The van der Waals surface area contributed by atoms with Crippen LogP contribution < -0.4 is 10.1 Å². The van der Waals surface area contributed by atoms with E-state index in [-0.39, 0.29) is 18.1 Å². The van der Waals surface area contributed by atoms with Crippen LogP contribution in [0.3, 0.4) is 0 Å². The summed E-state index contributed by atoms with van der Waals surface area (Å²) < 4.78 is 8.04. The molecule has 0 saturated heterocycles. The largest absolute Gasteiger partial charge is 0.489 e. The number of ether oxygens (including phenoxy) is 1. The molecule has 0 radical (unpaired) electrons. The molecule has 0 aliphatic heterocycles. The van der Waals surface area contributed by atoms with Crippen LogP contribution >= 0.6 is 0 Å². The number of pyridine rings is 1. The molecule has 0 unspecified atom stereocenters. The lowest BCUT2D eigenvalue weighted by Crippen LogP contribution is -2.39. The average molecular weight is 327 g/mol. The first-order valence-corrected chi connectivity index (χ1v) is 8.55. The second-order valence-electron chi connectivity index (χ2n) is 6.58. The van der Waals surface area contributed by atoms with Crippen LogP contribution in [0.15, 0.2) is 30.6 Å². The number of hydrogen-bond donors (Lipinski definition) is 1. The molecule has 1 aliphatic rings. The summed E-state index contributed by atoms with van der Waals surface area (Å²) in [5, 5.41) is 3.16. The molecule has 0 bridgehead atoms. The summed E-state index contributed by atoms with van der Waals surface area (Å²) in [6, 6.07) is 5.97. The Labute approximate surface area is 143 Å². The highest BCUT2D eigenvalue weighted by Gasteiger charge is 2.25. The maximum Gasteiger partial charge on any atom is 0.253 e. The van der Waals surface area contributed by atoms with E-state index >= 15 is 0 Å². The normalized spacial score (nSPS) is 20.6.